The number of nitrogens with zero attached hydrogens (tertiary/aromatic N) is 4. The Balaban J connectivity index is 1.17. The van der Waals surface area contributed by atoms with E-state index in [0.717, 1.165) is 62.9 Å². The summed E-state index contributed by atoms with van der Waals surface area (Å²) in [4.78, 5) is 10.7. The molecule has 14 rings (SSSR count). The number of fused-ring (bicyclic) bond motifs is 16. The fourth-order valence-corrected chi connectivity index (χ4v) is 10.7. The molecule has 0 unspecified atom stereocenters. The van der Waals surface area contributed by atoms with Crippen molar-refractivity contribution in [2.24, 2.45) is 0 Å². The van der Waals surface area contributed by atoms with E-state index in [-0.39, 0.29) is 0 Å². The maximum atomic E-state index is 5.39. The number of rotatable bonds is 3. The normalized spacial score (nSPS) is 13.6. The van der Waals surface area contributed by atoms with Crippen LogP contribution in [-0.4, -0.2) is 18.9 Å². The monoisotopic (exact) mass is 762 g/mol. The molecule has 0 saturated heterocycles. The summed E-state index contributed by atoms with van der Waals surface area (Å²) < 4.78 is 5.15. The van der Waals surface area contributed by atoms with Crippen molar-refractivity contribution in [2.45, 2.75) is 12.8 Å². The molecule has 4 nitrogen and oxygen atoms in total. The Morgan fingerprint density at radius 1 is 0.417 bits per heavy atom. The molecule has 0 amide bonds. The SMILES string of the molecule is C1=CC(c2nc3ccccc3nc2-c2ccc(-n3c4ccccc4c4c5ccccc5c5c6cccc7c8cc9ccccc9cc8n(c76)c5c43)c3ccccc23)=CCC1. The molecule has 0 spiro atoms. The topological polar surface area (TPSA) is 35.1 Å². The molecule has 4 heterocycles. The molecule has 0 atom stereocenters. The molecule has 0 radical (unpaired) electrons. The molecule has 13 aromatic rings. The van der Waals surface area contributed by atoms with Gasteiger partial charge in [0.15, 0.2) is 0 Å². The quantitative estimate of drug-likeness (QED) is 0.180. The van der Waals surface area contributed by atoms with Crippen LogP contribution in [0.3, 0.4) is 0 Å². The van der Waals surface area contributed by atoms with Gasteiger partial charge in [0, 0.05) is 43.3 Å². The molecule has 0 saturated carbocycles. The van der Waals surface area contributed by atoms with E-state index >= 15 is 0 Å². The first-order valence-corrected chi connectivity index (χ1v) is 20.9. The average molecular weight is 763 g/mol. The first-order valence-electron chi connectivity index (χ1n) is 20.9. The van der Waals surface area contributed by atoms with Gasteiger partial charge in [-0.1, -0.05) is 140 Å². The molecule has 278 valence electrons. The summed E-state index contributed by atoms with van der Waals surface area (Å²) in [6.07, 6.45) is 8.82. The molecule has 4 aromatic heterocycles. The molecule has 60 heavy (non-hydrogen) atoms. The van der Waals surface area contributed by atoms with Crippen LogP contribution in [0, 0.1) is 0 Å². The van der Waals surface area contributed by atoms with Gasteiger partial charge in [0.25, 0.3) is 0 Å². The average Bonchev–Trinajstić information content (AvgIpc) is 3.96. The van der Waals surface area contributed by atoms with E-state index in [4.69, 9.17) is 9.97 Å². The lowest BCUT2D eigenvalue weighted by Gasteiger charge is -2.18. The van der Waals surface area contributed by atoms with Gasteiger partial charge < -0.3 is 8.97 Å². The molecule has 1 aliphatic rings. The molecule has 1 aliphatic carbocycles. The highest BCUT2D eigenvalue weighted by molar-refractivity contribution is 6.39. The smallest absolute Gasteiger partial charge is 0.0979 e. The van der Waals surface area contributed by atoms with E-state index in [1.165, 1.54) is 81.4 Å². The Bertz CT molecular complexity index is 4060. The summed E-state index contributed by atoms with van der Waals surface area (Å²) in [6.45, 7) is 0. The molecular weight excluding hydrogens is 729 g/mol. The first kappa shape index (κ1) is 32.2. The molecule has 0 aliphatic heterocycles. The highest BCUT2D eigenvalue weighted by Gasteiger charge is 2.27. The van der Waals surface area contributed by atoms with E-state index in [1.54, 1.807) is 0 Å². The van der Waals surface area contributed by atoms with Crippen LogP contribution in [-0.2, 0) is 0 Å². The van der Waals surface area contributed by atoms with Crippen molar-refractivity contribution in [3.05, 3.63) is 188 Å². The van der Waals surface area contributed by atoms with Crippen molar-refractivity contribution >= 4 is 109 Å². The van der Waals surface area contributed by atoms with Crippen molar-refractivity contribution in [3.63, 3.8) is 0 Å². The van der Waals surface area contributed by atoms with Crippen molar-refractivity contribution in [2.75, 3.05) is 0 Å². The van der Waals surface area contributed by atoms with Crippen LogP contribution in [0.2, 0.25) is 0 Å². The molecule has 0 bridgehead atoms. The Labute approximate surface area is 343 Å². The maximum absolute atomic E-state index is 5.39. The third-order valence-electron chi connectivity index (χ3n) is 13.2. The van der Waals surface area contributed by atoms with Gasteiger partial charge >= 0.3 is 0 Å². The zero-order chi connectivity index (χ0) is 39.1. The lowest BCUT2D eigenvalue weighted by Crippen LogP contribution is -2.01. The predicted octanol–water partition coefficient (Wildman–Crippen LogP) is 14.7. The molecule has 9 aromatic carbocycles. The summed E-state index contributed by atoms with van der Waals surface area (Å²) >= 11 is 0. The second-order valence-electron chi connectivity index (χ2n) is 16.3. The second kappa shape index (κ2) is 11.9. The number of hydrogen-bond donors (Lipinski definition) is 0. The highest BCUT2D eigenvalue weighted by Crippen LogP contribution is 2.49. The van der Waals surface area contributed by atoms with Gasteiger partial charge in [-0.05, 0) is 87.8 Å². The van der Waals surface area contributed by atoms with Crippen LogP contribution in [0.5, 0.6) is 0 Å². The maximum Gasteiger partial charge on any atom is 0.0979 e. The van der Waals surface area contributed by atoms with Crippen LogP contribution in [0.15, 0.2) is 182 Å². The summed E-state index contributed by atoms with van der Waals surface area (Å²) in [5.74, 6) is 0. The number of allylic oxidation sites excluding steroid dienone is 4. The zero-order valence-corrected chi connectivity index (χ0v) is 32.5. The van der Waals surface area contributed by atoms with Gasteiger partial charge in [-0.15, -0.1) is 0 Å². The minimum Gasteiger partial charge on any atom is -0.307 e. The summed E-state index contributed by atoms with van der Waals surface area (Å²) in [6, 6.07) is 60.2. The van der Waals surface area contributed by atoms with Gasteiger partial charge in [0.1, 0.15) is 0 Å². The fraction of sp³-hybridized carbons (Fsp3) is 0.0357. The largest absolute Gasteiger partial charge is 0.307 e. The fourth-order valence-electron chi connectivity index (χ4n) is 10.7. The number of aromatic nitrogens is 4. The van der Waals surface area contributed by atoms with E-state index in [1.807, 2.05) is 12.1 Å². The van der Waals surface area contributed by atoms with E-state index < -0.39 is 0 Å². The molecule has 0 N–H and O–H groups in total. The standard InChI is InChI=1S/C56H34N4/c1-2-15-33(16-3-1)52-53(58-46-27-12-11-26-45(46)57-52)40-29-30-48(37-20-7-6-19-36(37)40)59-47-28-13-10-23-42(47)50-38-21-8-9-22-39(38)51-43-25-14-24-41-44-31-34-17-4-5-18-35(34)32-49(44)60(54(41)43)56(51)55(50)59/h2,4-32H,1,3H2. The minimum atomic E-state index is 0.896. The number of para-hydroxylation sites is 4. The lowest BCUT2D eigenvalue weighted by molar-refractivity contribution is 1.04. The molecular formula is C56H34N4. The predicted molar refractivity (Wildman–Crippen MR) is 253 cm³/mol. The zero-order valence-electron chi connectivity index (χ0n) is 32.5. The van der Waals surface area contributed by atoms with Gasteiger partial charge in [0.05, 0.1) is 55.7 Å². The Morgan fingerprint density at radius 3 is 1.83 bits per heavy atom. The van der Waals surface area contributed by atoms with Gasteiger partial charge in [-0.25, -0.2) is 9.97 Å². The third-order valence-corrected chi connectivity index (χ3v) is 13.2. The molecule has 0 fully saturated rings. The molecule has 4 heteroatoms. The van der Waals surface area contributed by atoms with Crippen LogP contribution in [0.25, 0.3) is 126 Å². The summed E-state index contributed by atoms with van der Waals surface area (Å²) in [7, 11) is 0. The van der Waals surface area contributed by atoms with Gasteiger partial charge in [0.2, 0.25) is 0 Å². The number of benzene rings is 9. The van der Waals surface area contributed by atoms with Gasteiger partial charge in [-0.3, -0.25) is 0 Å². The Morgan fingerprint density at radius 2 is 1.05 bits per heavy atom. The van der Waals surface area contributed by atoms with Crippen LogP contribution in [0.1, 0.15) is 18.5 Å². The van der Waals surface area contributed by atoms with Crippen molar-refractivity contribution in [1.29, 1.82) is 0 Å². The summed E-state index contributed by atoms with van der Waals surface area (Å²) in [5, 5.41) is 15.0. The van der Waals surface area contributed by atoms with Crippen molar-refractivity contribution < 1.29 is 0 Å². The number of hydrogen-bond acceptors (Lipinski definition) is 2. The van der Waals surface area contributed by atoms with Crippen LogP contribution < -0.4 is 0 Å². The van der Waals surface area contributed by atoms with Gasteiger partial charge in [-0.2, -0.15) is 0 Å². The van der Waals surface area contributed by atoms with E-state index in [0.29, 0.717) is 0 Å². The Kier molecular flexibility index (Phi) is 6.37. The van der Waals surface area contributed by atoms with Crippen LogP contribution in [0.4, 0.5) is 0 Å². The Hall–Kier alpha value is -7.82. The lowest BCUT2D eigenvalue weighted by atomic mass is 9.95. The summed E-state index contributed by atoms with van der Waals surface area (Å²) in [5.41, 5.74) is 13.1. The first-order chi connectivity index (χ1) is 29.8. The van der Waals surface area contributed by atoms with Crippen molar-refractivity contribution in [1.82, 2.24) is 18.9 Å². The minimum absolute atomic E-state index is 0.896. The highest BCUT2D eigenvalue weighted by atomic mass is 15.0. The third kappa shape index (κ3) is 4.19. The second-order valence-corrected chi connectivity index (χ2v) is 16.3. The van der Waals surface area contributed by atoms with E-state index in [9.17, 15) is 0 Å². The van der Waals surface area contributed by atoms with E-state index in [2.05, 4.69) is 179 Å². The van der Waals surface area contributed by atoms with Crippen LogP contribution >= 0.6 is 0 Å². The van der Waals surface area contributed by atoms with Crippen molar-refractivity contribution in [3.8, 4) is 16.9 Å².